The van der Waals surface area contributed by atoms with E-state index in [0.717, 1.165) is 5.56 Å². The predicted octanol–water partition coefficient (Wildman–Crippen LogP) is 2.89. The van der Waals surface area contributed by atoms with Crippen molar-refractivity contribution >= 4 is 15.9 Å². The number of rotatable bonds is 8. The van der Waals surface area contributed by atoms with Crippen molar-refractivity contribution in [1.29, 1.82) is 0 Å². The molecule has 2 aromatic carbocycles. The zero-order valence-electron chi connectivity index (χ0n) is 16.7. The minimum absolute atomic E-state index is 0.0811. The molecule has 2 N–H and O–H groups in total. The van der Waals surface area contributed by atoms with E-state index in [9.17, 15) is 13.2 Å². The third-order valence-corrected chi connectivity index (χ3v) is 5.33. The second-order valence-corrected chi connectivity index (χ2v) is 9.22. The molecule has 7 heteroatoms. The Bertz CT molecular complexity index is 873. The molecule has 0 aliphatic rings. The van der Waals surface area contributed by atoms with Gasteiger partial charge in [-0.3, -0.25) is 4.79 Å². The highest BCUT2D eigenvalue weighted by atomic mass is 32.2. The molecule has 0 bridgehead atoms. The second-order valence-electron chi connectivity index (χ2n) is 7.51. The summed E-state index contributed by atoms with van der Waals surface area (Å²) in [4.78, 5) is 12.8. The van der Waals surface area contributed by atoms with E-state index in [1.165, 1.54) is 12.1 Å². The van der Waals surface area contributed by atoms with Crippen LogP contribution in [-0.4, -0.2) is 32.5 Å². The molecule has 0 saturated heterocycles. The minimum atomic E-state index is -3.88. The molecular formula is C21H28N2O4S. The summed E-state index contributed by atoms with van der Waals surface area (Å²) in [5, 5.41) is 2.85. The van der Waals surface area contributed by atoms with Crippen LogP contribution in [0.3, 0.4) is 0 Å². The molecule has 0 aromatic heterocycles. The molecule has 6 nitrogen and oxygen atoms in total. The molecule has 2 rings (SSSR count). The molecule has 1 atom stereocenters. The van der Waals surface area contributed by atoms with Gasteiger partial charge in [-0.2, -0.15) is 4.72 Å². The largest absolute Gasteiger partial charge is 0.494 e. The number of ether oxygens (including phenoxy) is 1. The molecule has 0 spiro atoms. The lowest BCUT2D eigenvalue weighted by molar-refractivity contribution is -0.124. The van der Waals surface area contributed by atoms with Crippen molar-refractivity contribution in [2.75, 3.05) is 6.61 Å². The number of hydrogen-bond acceptors (Lipinski definition) is 4. The van der Waals surface area contributed by atoms with Crippen molar-refractivity contribution in [3.63, 3.8) is 0 Å². The number of nitrogens with one attached hydrogen (secondary N) is 2. The van der Waals surface area contributed by atoms with Crippen LogP contribution < -0.4 is 14.8 Å². The Morgan fingerprint density at radius 3 is 2.18 bits per heavy atom. The van der Waals surface area contributed by atoms with E-state index in [2.05, 4.69) is 10.0 Å². The van der Waals surface area contributed by atoms with E-state index >= 15 is 0 Å². The standard InChI is InChI=1S/C21H28N2O4S/c1-5-27-17-11-13-18(14-12-17)28(25,26)23-19(20(24)22-21(2,3)4)15-16-9-7-6-8-10-16/h6-14,19,23H,5,15H2,1-4H3,(H,22,24)/t19-/m1/s1. The molecule has 2 aromatic rings. The number of carbonyl (C=O) groups excluding carboxylic acids is 1. The molecule has 0 saturated carbocycles. The van der Waals surface area contributed by atoms with Gasteiger partial charge >= 0.3 is 0 Å². The Kier molecular flexibility index (Phi) is 7.21. The summed E-state index contributed by atoms with van der Waals surface area (Å²) in [5.41, 5.74) is 0.391. The first kappa shape index (κ1) is 21.9. The fourth-order valence-electron chi connectivity index (χ4n) is 2.63. The van der Waals surface area contributed by atoms with Crippen LogP contribution in [0.25, 0.3) is 0 Å². The van der Waals surface area contributed by atoms with Crippen LogP contribution >= 0.6 is 0 Å². The summed E-state index contributed by atoms with van der Waals surface area (Å²) in [5.74, 6) is 0.221. The summed E-state index contributed by atoms with van der Waals surface area (Å²) < 4.78 is 33.6. The van der Waals surface area contributed by atoms with Crippen LogP contribution in [0.5, 0.6) is 5.75 Å². The van der Waals surface area contributed by atoms with Crippen molar-refractivity contribution in [2.24, 2.45) is 0 Å². The fourth-order valence-corrected chi connectivity index (χ4v) is 3.83. The van der Waals surface area contributed by atoms with Crippen molar-refractivity contribution < 1.29 is 17.9 Å². The Morgan fingerprint density at radius 1 is 1.04 bits per heavy atom. The van der Waals surface area contributed by atoms with Gasteiger partial charge in [0, 0.05) is 5.54 Å². The van der Waals surface area contributed by atoms with Crippen LogP contribution in [0.4, 0.5) is 0 Å². The normalized spacial score (nSPS) is 13.0. The average molecular weight is 405 g/mol. The van der Waals surface area contributed by atoms with E-state index in [4.69, 9.17) is 4.74 Å². The monoisotopic (exact) mass is 404 g/mol. The van der Waals surface area contributed by atoms with Crippen molar-refractivity contribution in [3.8, 4) is 5.75 Å². The maximum atomic E-state index is 12.8. The van der Waals surface area contributed by atoms with Crippen molar-refractivity contribution in [3.05, 3.63) is 60.2 Å². The Labute approximate surface area is 167 Å². The van der Waals surface area contributed by atoms with E-state index in [0.29, 0.717) is 12.4 Å². The van der Waals surface area contributed by atoms with Gasteiger partial charge in [0.15, 0.2) is 0 Å². The molecule has 0 aliphatic heterocycles. The molecule has 0 radical (unpaired) electrons. The number of amides is 1. The Hall–Kier alpha value is -2.38. The van der Waals surface area contributed by atoms with Gasteiger partial charge in [0.05, 0.1) is 11.5 Å². The zero-order chi connectivity index (χ0) is 20.8. The molecule has 0 aliphatic carbocycles. The summed E-state index contributed by atoms with van der Waals surface area (Å²) in [6, 6.07) is 14.5. The molecule has 1 amide bonds. The molecule has 28 heavy (non-hydrogen) atoms. The number of hydrogen-bond donors (Lipinski definition) is 2. The van der Waals surface area contributed by atoms with Gasteiger partial charge in [-0.1, -0.05) is 30.3 Å². The fraction of sp³-hybridized carbons (Fsp3) is 0.381. The summed E-state index contributed by atoms with van der Waals surface area (Å²) >= 11 is 0. The van der Waals surface area contributed by atoms with Crippen LogP contribution in [0.1, 0.15) is 33.3 Å². The lowest BCUT2D eigenvalue weighted by Gasteiger charge is -2.25. The topological polar surface area (TPSA) is 84.5 Å². The average Bonchev–Trinajstić information content (AvgIpc) is 2.61. The number of sulfonamides is 1. The third-order valence-electron chi connectivity index (χ3n) is 3.84. The number of benzene rings is 2. The van der Waals surface area contributed by atoms with Gasteiger partial charge in [0.25, 0.3) is 0 Å². The second kappa shape index (κ2) is 9.21. The molecule has 0 unspecified atom stereocenters. The molecule has 0 heterocycles. The summed E-state index contributed by atoms with van der Waals surface area (Å²) in [7, 11) is -3.88. The lowest BCUT2D eigenvalue weighted by Crippen LogP contribution is -2.52. The van der Waals surface area contributed by atoms with E-state index in [1.54, 1.807) is 12.1 Å². The van der Waals surface area contributed by atoms with Crippen molar-refractivity contribution in [2.45, 2.75) is 50.6 Å². The molecule has 152 valence electrons. The van der Waals surface area contributed by atoms with Crippen LogP contribution in [-0.2, 0) is 21.2 Å². The third kappa shape index (κ3) is 6.65. The van der Waals surface area contributed by atoms with Gasteiger partial charge in [-0.05, 0) is 63.9 Å². The SMILES string of the molecule is CCOc1ccc(S(=O)(=O)N[C@H](Cc2ccccc2)C(=O)NC(C)(C)C)cc1. The summed E-state index contributed by atoms with van der Waals surface area (Å²) in [6.45, 7) is 7.91. The van der Waals surface area contributed by atoms with Crippen LogP contribution in [0, 0.1) is 0 Å². The zero-order valence-corrected chi connectivity index (χ0v) is 17.5. The highest BCUT2D eigenvalue weighted by Gasteiger charge is 2.28. The highest BCUT2D eigenvalue weighted by Crippen LogP contribution is 2.17. The van der Waals surface area contributed by atoms with Gasteiger partial charge in [0.1, 0.15) is 11.8 Å². The van der Waals surface area contributed by atoms with Crippen LogP contribution in [0.2, 0.25) is 0 Å². The quantitative estimate of drug-likeness (QED) is 0.709. The predicted molar refractivity (Wildman–Crippen MR) is 110 cm³/mol. The number of carbonyl (C=O) groups is 1. The van der Waals surface area contributed by atoms with Gasteiger partial charge in [-0.15, -0.1) is 0 Å². The summed E-state index contributed by atoms with van der Waals surface area (Å²) in [6.07, 6.45) is 0.249. The molecule has 0 fully saturated rings. The van der Waals surface area contributed by atoms with Gasteiger partial charge in [-0.25, -0.2) is 8.42 Å². The lowest BCUT2D eigenvalue weighted by atomic mass is 10.0. The first-order valence-electron chi connectivity index (χ1n) is 9.22. The van der Waals surface area contributed by atoms with Crippen molar-refractivity contribution in [1.82, 2.24) is 10.0 Å². The first-order valence-corrected chi connectivity index (χ1v) is 10.7. The maximum Gasteiger partial charge on any atom is 0.241 e. The Balaban J connectivity index is 2.25. The van der Waals surface area contributed by atoms with Gasteiger partial charge < -0.3 is 10.1 Å². The molecular weight excluding hydrogens is 376 g/mol. The van der Waals surface area contributed by atoms with E-state index in [1.807, 2.05) is 58.0 Å². The van der Waals surface area contributed by atoms with E-state index in [-0.39, 0.29) is 17.2 Å². The highest BCUT2D eigenvalue weighted by molar-refractivity contribution is 7.89. The minimum Gasteiger partial charge on any atom is -0.494 e. The van der Waals surface area contributed by atoms with Gasteiger partial charge in [0.2, 0.25) is 15.9 Å². The Morgan fingerprint density at radius 2 is 1.64 bits per heavy atom. The van der Waals surface area contributed by atoms with Crippen LogP contribution in [0.15, 0.2) is 59.5 Å². The van der Waals surface area contributed by atoms with E-state index < -0.39 is 21.6 Å². The smallest absolute Gasteiger partial charge is 0.241 e. The first-order chi connectivity index (χ1) is 13.1. The maximum absolute atomic E-state index is 12.8.